The van der Waals surface area contributed by atoms with Crippen LogP contribution in [-0.4, -0.2) is 45.2 Å². The van der Waals surface area contributed by atoms with Crippen LogP contribution in [0, 0.1) is 0 Å². The summed E-state index contributed by atoms with van der Waals surface area (Å²) < 4.78 is 29.4. The van der Waals surface area contributed by atoms with Gasteiger partial charge in [-0.15, -0.1) is 0 Å². The van der Waals surface area contributed by atoms with Crippen molar-refractivity contribution < 1.29 is 18.3 Å². The average molecular weight is 299 g/mol. The van der Waals surface area contributed by atoms with Crippen LogP contribution < -0.4 is 20.3 Å². The molecule has 0 radical (unpaired) electrons. The van der Waals surface area contributed by atoms with E-state index in [1.165, 1.54) is 6.07 Å². The summed E-state index contributed by atoms with van der Waals surface area (Å²) in [6.45, 7) is -1.31. The number of carbonyl (C=O) groups excluding carboxylic acids is 1. The van der Waals surface area contributed by atoms with E-state index in [-0.39, 0.29) is 24.2 Å². The molecular weight excluding hydrogens is 280 g/mol. The number of alkyl halides is 2. The standard InChI is InChI=1S/C14H19F2N3O2/c1-17-8-13(20)18-10-6-7-19(9-10)11-4-2-3-5-12(11)21-14(15)16/h2-5,10,14,17H,6-9H2,1H3,(H,18,20). The van der Waals surface area contributed by atoms with Gasteiger partial charge >= 0.3 is 6.61 Å². The Morgan fingerprint density at radius 2 is 2.24 bits per heavy atom. The van der Waals surface area contributed by atoms with Gasteiger partial charge in [-0.1, -0.05) is 12.1 Å². The number of anilines is 1. The number of hydrogen-bond donors (Lipinski definition) is 2. The Morgan fingerprint density at radius 3 is 2.95 bits per heavy atom. The Morgan fingerprint density at radius 1 is 1.48 bits per heavy atom. The third-order valence-corrected chi connectivity index (χ3v) is 3.31. The predicted octanol–water partition coefficient (Wildman–Crippen LogP) is 1.20. The van der Waals surface area contributed by atoms with Gasteiger partial charge in [0.2, 0.25) is 5.91 Å². The first kappa shape index (κ1) is 15.5. The molecule has 1 saturated heterocycles. The number of likely N-dealkylation sites (N-methyl/N-ethyl adjacent to an activating group) is 1. The predicted molar refractivity (Wildman–Crippen MR) is 75.8 cm³/mol. The van der Waals surface area contributed by atoms with Crippen LogP contribution in [0.15, 0.2) is 24.3 Å². The highest BCUT2D eigenvalue weighted by molar-refractivity contribution is 5.78. The lowest BCUT2D eigenvalue weighted by Gasteiger charge is -2.22. The zero-order valence-corrected chi connectivity index (χ0v) is 11.8. The molecule has 1 aromatic rings. The number of carbonyl (C=O) groups is 1. The molecule has 1 aliphatic heterocycles. The summed E-state index contributed by atoms with van der Waals surface area (Å²) in [7, 11) is 1.71. The molecule has 7 heteroatoms. The molecule has 0 spiro atoms. The van der Waals surface area contributed by atoms with Crippen LogP contribution >= 0.6 is 0 Å². The van der Waals surface area contributed by atoms with Gasteiger partial charge in [-0.2, -0.15) is 8.78 Å². The Balaban J connectivity index is 1.99. The molecule has 1 amide bonds. The number of ether oxygens (including phenoxy) is 1. The molecule has 1 aliphatic rings. The molecule has 2 N–H and O–H groups in total. The van der Waals surface area contributed by atoms with Gasteiger partial charge in [0.25, 0.3) is 0 Å². The van der Waals surface area contributed by atoms with Crippen molar-refractivity contribution in [1.29, 1.82) is 0 Å². The summed E-state index contributed by atoms with van der Waals surface area (Å²) in [6.07, 6.45) is 0.776. The molecular formula is C14H19F2N3O2. The van der Waals surface area contributed by atoms with Crippen molar-refractivity contribution in [1.82, 2.24) is 10.6 Å². The van der Waals surface area contributed by atoms with Gasteiger partial charge in [-0.05, 0) is 25.6 Å². The number of amides is 1. The summed E-state index contributed by atoms with van der Waals surface area (Å²) in [6, 6.07) is 6.72. The third-order valence-electron chi connectivity index (χ3n) is 3.31. The first-order valence-corrected chi connectivity index (χ1v) is 6.83. The lowest BCUT2D eigenvalue weighted by atomic mass is 10.2. The molecule has 0 aromatic heterocycles. The minimum absolute atomic E-state index is 0.0189. The number of nitrogens with zero attached hydrogens (tertiary/aromatic N) is 1. The maximum atomic E-state index is 12.4. The van der Waals surface area contributed by atoms with E-state index < -0.39 is 6.61 Å². The van der Waals surface area contributed by atoms with E-state index in [0.29, 0.717) is 18.8 Å². The molecule has 21 heavy (non-hydrogen) atoms. The number of nitrogens with one attached hydrogen (secondary N) is 2. The number of benzene rings is 1. The van der Waals surface area contributed by atoms with E-state index in [1.807, 2.05) is 4.90 Å². The monoisotopic (exact) mass is 299 g/mol. The summed E-state index contributed by atoms with van der Waals surface area (Å²) in [4.78, 5) is 13.5. The first-order valence-electron chi connectivity index (χ1n) is 6.83. The molecule has 2 rings (SSSR count). The summed E-state index contributed by atoms with van der Waals surface area (Å²) in [5.74, 6) is 0.0937. The Hall–Kier alpha value is -1.89. The van der Waals surface area contributed by atoms with Crippen molar-refractivity contribution in [3.05, 3.63) is 24.3 Å². The van der Waals surface area contributed by atoms with Crippen LogP contribution in [0.3, 0.4) is 0 Å². The topological polar surface area (TPSA) is 53.6 Å². The fourth-order valence-electron chi connectivity index (χ4n) is 2.45. The van der Waals surface area contributed by atoms with Gasteiger partial charge in [0.15, 0.2) is 0 Å². The summed E-state index contributed by atoms with van der Waals surface area (Å²) in [5.41, 5.74) is 0.628. The minimum Gasteiger partial charge on any atom is -0.433 e. The molecule has 1 unspecified atom stereocenters. The normalized spacial score (nSPS) is 18.1. The van der Waals surface area contributed by atoms with Crippen LogP contribution in [-0.2, 0) is 4.79 Å². The second-order valence-electron chi connectivity index (χ2n) is 4.88. The zero-order chi connectivity index (χ0) is 15.2. The number of rotatable bonds is 6. The van der Waals surface area contributed by atoms with Crippen LogP contribution in [0.2, 0.25) is 0 Å². The third kappa shape index (κ3) is 4.29. The molecule has 0 bridgehead atoms. The van der Waals surface area contributed by atoms with E-state index in [2.05, 4.69) is 15.4 Å². The highest BCUT2D eigenvalue weighted by Crippen LogP contribution is 2.31. The van der Waals surface area contributed by atoms with Gasteiger partial charge < -0.3 is 20.3 Å². The number of halogens is 2. The highest BCUT2D eigenvalue weighted by Gasteiger charge is 2.26. The molecule has 0 saturated carbocycles. The zero-order valence-electron chi connectivity index (χ0n) is 11.8. The minimum atomic E-state index is -2.85. The van der Waals surface area contributed by atoms with E-state index in [0.717, 1.165) is 6.42 Å². The molecule has 1 fully saturated rings. The molecule has 0 aliphatic carbocycles. The second-order valence-corrected chi connectivity index (χ2v) is 4.88. The lowest BCUT2D eigenvalue weighted by molar-refractivity contribution is -0.120. The highest BCUT2D eigenvalue weighted by atomic mass is 19.3. The van der Waals surface area contributed by atoms with Crippen LogP contribution in [0.5, 0.6) is 5.75 Å². The fraction of sp³-hybridized carbons (Fsp3) is 0.500. The fourth-order valence-corrected chi connectivity index (χ4v) is 2.45. The maximum Gasteiger partial charge on any atom is 0.387 e. The largest absolute Gasteiger partial charge is 0.433 e. The SMILES string of the molecule is CNCC(=O)NC1CCN(c2ccccc2OC(F)F)C1. The van der Waals surface area contributed by atoms with Gasteiger partial charge in [0.05, 0.1) is 12.2 Å². The van der Waals surface area contributed by atoms with Crippen molar-refractivity contribution in [3.63, 3.8) is 0 Å². The summed E-state index contributed by atoms with van der Waals surface area (Å²) in [5, 5.41) is 5.69. The van der Waals surface area contributed by atoms with Gasteiger partial charge in [0.1, 0.15) is 5.75 Å². The van der Waals surface area contributed by atoms with Crippen LogP contribution in [0.1, 0.15) is 6.42 Å². The molecule has 1 aromatic carbocycles. The van der Waals surface area contributed by atoms with E-state index >= 15 is 0 Å². The van der Waals surface area contributed by atoms with Crippen molar-refractivity contribution in [2.75, 3.05) is 31.6 Å². The quantitative estimate of drug-likeness (QED) is 0.829. The van der Waals surface area contributed by atoms with E-state index in [1.54, 1.807) is 25.2 Å². The van der Waals surface area contributed by atoms with E-state index in [9.17, 15) is 13.6 Å². The Labute approximate surface area is 122 Å². The van der Waals surface area contributed by atoms with Crippen molar-refractivity contribution in [2.24, 2.45) is 0 Å². The maximum absolute atomic E-state index is 12.4. The van der Waals surface area contributed by atoms with Crippen LogP contribution in [0.4, 0.5) is 14.5 Å². The van der Waals surface area contributed by atoms with Gasteiger partial charge in [-0.25, -0.2) is 0 Å². The van der Waals surface area contributed by atoms with Gasteiger partial charge in [-0.3, -0.25) is 4.79 Å². The van der Waals surface area contributed by atoms with E-state index in [4.69, 9.17) is 0 Å². The Kier molecular flexibility index (Phi) is 5.32. The first-order chi connectivity index (χ1) is 10.1. The lowest BCUT2D eigenvalue weighted by Crippen LogP contribution is -2.41. The van der Waals surface area contributed by atoms with Crippen LogP contribution in [0.25, 0.3) is 0 Å². The Bertz CT molecular complexity index is 485. The molecule has 116 valence electrons. The van der Waals surface area contributed by atoms with Crippen molar-refractivity contribution in [2.45, 2.75) is 19.1 Å². The second kappa shape index (κ2) is 7.21. The summed E-state index contributed by atoms with van der Waals surface area (Å²) >= 11 is 0. The number of hydrogen-bond acceptors (Lipinski definition) is 4. The molecule has 1 heterocycles. The number of para-hydroxylation sites is 2. The smallest absolute Gasteiger partial charge is 0.387 e. The molecule has 5 nitrogen and oxygen atoms in total. The van der Waals surface area contributed by atoms with Crippen molar-refractivity contribution in [3.8, 4) is 5.75 Å². The average Bonchev–Trinajstić information content (AvgIpc) is 2.87. The van der Waals surface area contributed by atoms with Crippen molar-refractivity contribution >= 4 is 11.6 Å². The van der Waals surface area contributed by atoms with Gasteiger partial charge in [0, 0.05) is 19.1 Å². The molecule has 1 atom stereocenters.